The van der Waals surface area contributed by atoms with Gasteiger partial charge in [-0.1, -0.05) is 46.9 Å². The van der Waals surface area contributed by atoms with E-state index in [0.29, 0.717) is 5.56 Å². The van der Waals surface area contributed by atoms with Crippen LogP contribution in [0.15, 0.2) is 24.3 Å². The second-order valence-corrected chi connectivity index (χ2v) is 5.89. The Kier molecular flexibility index (Phi) is 5.14. The average molecular weight is 323 g/mol. The normalized spacial score (nSPS) is 14.6. The van der Waals surface area contributed by atoms with E-state index in [-0.39, 0.29) is 6.54 Å². The summed E-state index contributed by atoms with van der Waals surface area (Å²) in [6, 6.07) is 4.44. The third-order valence-electron chi connectivity index (χ3n) is 2.09. The van der Waals surface area contributed by atoms with Gasteiger partial charge in [-0.2, -0.15) is 13.2 Å². The fourth-order valence-electron chi connectivity index (χ4n) is 1.14. The maximum absolute atomic E-state index is 12.3. The molecule has 102 valence electrons. The predicted octanol–water partition coefficient (Wildman–Crippen LogP) is 3.48. The lowest BCUT2D eigenvalue weighted by Crippen LogP contribution is -2.39. The van der Waals surface area contributed by atoms with Crippen LogP contribution in [0.3, 0.4) is 0 Å². The molecule has 0 bridgehead atoms. The highest BCUT2D eigenvalue weighted by Gasteiger charge is 2.31. The van der Waals surface area contributed by atoms with Crippen LogP contribution in [-0.2, 0) is 12.7 Å². The van der Waals surface area contributed by atoms with Gasteiger partial charge in [-0.3, -0.25) is 5.32 Å². The topological polar surface area (TPSA) is 32.3 Å². The summed E-state index contributed by atoms with van der Waals surface area (Å²) in [5.74, 6) is 0. The maximum atomic E-state index is 12.3. The summed E-state index contributed by atoms with van der Waals surface area (Å²) < 4.78 is 34.9. The van der Waals surface area contributed by atoms with Gasteiger partial charge in [0, 0.05) is 6.54 Å². The number of halogens is 6. The van der Waals surface area contributed by atoms with E-state index >= 15 is 0 Å². The molecule has 0 saturated heterocycles. The molecular formula is C10H9Cl3F3NO. The first-order chi connectivity index (χ1) is 8.10. The van der Waals surface area contributed by atoms with Crippen molar-refractivity contribution < 1.29 is 18.3 Å². The maximum Gasteiger partial charge on any atom is 0.416 e. The van der Waals surface area contributed by atoms with Gasteiger partial charge >= 0.3 is 6.18 Å². The van der Waals surface area contributed by atoms with Crippen LogP contribution >= 0.6 is 34.8 Å². The fourth-order valence-corrected chi connectivity index (χ4v) is 1.37. The van der Waals surface area contributed by atoms with Crippen LogP contribution in [0.25, 0.3) is 0 Å². The summed E-state index contributed by atoms with van der Waals surface area (Å²) in [4.78, 5) is 0. The van der Waals surface area contributed by atoms with Crippen molar-refractivity contribution in [1.82, 2.24) is 5.32 Å². The Hall–Kier alpha value is -0.200. The van der Waals surface area contributed by atoms with Gasteiger partial charge in [-0.25, -0.2) is 0 Å². The number of hydrogen-bond donors (Lipinski definition) is 2. The Morgan fingerprint density at radius 2 is 1.61 bits per heavy atom. The molecule has 0 saturated carbocycles. The summed E-state index contributed by atoms with van der Waals surface area (Å²) in [7, 11) is 0. The number of benzene rings is 1. The summed E-state index contributed by atoms with van der Waals surface area (Å²) in [6.45, 7) is 0.0766. The molecular weight excluding hydrogens is 313 g/mol. The molecule has 1 atom stereocenters. The zero-order valence-corrected chi connectivity index (χ0v) is 11.1. The number of rotatable bonds is 3. The third-order valence-corrected chi connectivity index (χ3v) is 2.71. The monoisotopic (exact) mass is 321 g/mol. The molecule has 0 fully saturated rings. The highest BCUT2D eigenvalue weighted by Crippen LogP contribution is 2.30. The van der Waals surface area contributed by atoms with E-state index < -0.39 is 21.8 Å². The minimum Gasteiger partial charge on any atom is -0.374 e. The van der Waals surface area contributed by atoms with Crippen molar-refractivity contribution in [3.05, 3.63) is 35.4 Å². The van der Waals surface area contributed by atoms with Crippen LogP contribution in [0, 0.1) is 0 Å². The highest BCUT2D eigenvalue weighted by atomic mass is 35.6. The molecule has 8 heteroatoms. The Balaban J connectivity index is 2.60. The minimum atomic E-state index is -4.37. The van der Waals surface area contributed by atoms with Gasteiger partial charge in [0.2, 0.25) is 3.79 Å². The van der Waals surface area contributed by atoms with Gasteiger partial charge in [0.25, 0.3) is 0 Å². The molecule has 0 aliphatic heterocycles. The Bertz CT molecular complexity index is 389. The highest BCUT2D eigenvalue weighted by molar-refractivity contribution is 6.68. The summed E-state index contributed by atoms with van der Waals surface area (Å²) in [5, 5.41) is 11.8. The molecule has 1 unspecified atom stereocenters. The zero-order valence-electron chi connectivity index (χ0n) is 8.81. The standard InChI is InChI=1S/C10H9Cl3F3NO/c11-9(12,13)8(18)17-5-6-1-3-7(4-2-6)10(14,15)16/h1-4,8,17-18H,5H2. The SMILES string of the molecule is OC(NCc1ccc(C(F)(F)F)cc1)C(Cl)(Cl)Cl. The van der Waals surface area contributed by atoms with Crippen molar-refractivity contribution in [2.75, 3.05) is 0 Å². The molecule has 0 spiro atoms. The lowest BCUT2D eigenvalue weighted by atomic mass is 10.1. The number of aliphatic hydroxyl groups is 1. The minimum absolute atomic E-state index is 0.0766. The first-order valence-electron chi connectivity index (χ1n) is 4.75. The molecule has 1 aromatic rings. The van der Waals surface area contributed by atoms with Crippen molar-refractivity contribution >= 4 is 34.8 Å². The number of nitrogens with one attached hydrogen (secondary N) is 1. The van der Waals surface area contributed by atoms with E-state index in [2.05, 4.69) is 5.32 Å². The van der Waals surface area contributed by atoms with Gasteiger partial charge in [0.1, 0.15) is 0 Å². The summed E-state index contributed by atoms with van der Waals surface area (Å²) in [6.07, 6.45) is -5.78. The van der Waals surface area contributed by atoms with E-state index in [0.717, 1.165) is 12.1 Å². The third kappa shape index (κ3) is 4.82. The van der Waals surface area contributed by atoms with Crippen molar-refractivity contribution in [3.63, 3.8) is 0 Å². The summed E-state index contributed by atoms with van der Waals surface area (Å²) >= 11 is 16.2. The molecule has 1 aromatic carbocycles. The van der Waals surface area contributed by atoms with Gasteiger partial charge in [-0.15, -0.1) is 0 Å². The number of alkyl halides is 6. The van der Waals surface area contributed by atoms with E-state index in [1.54, 1.807) is 0 Å². The van der Waals surface area contributed by atoms with Crippen molar-refractivity contribution in [2.24, 2.45) is 0 Å². The van der Waals surface area contributed by atoms with Crippen LogP contribution in [0.4, 0.5) is 13.2 Å². The molecule has 2 N–H and O–H groups in total. The molecule has 0 aliphatic carbocycles. The number of aliphatic hydroxyl groups excluding tert-OH is 1. The average Bonchev–Trinajstić information content (AvgIpc) is 2.24. The first kappa shape index (κ1) is 15.9. The van der Waals surface area contributed by atoms with Crippen LogP contribution in [0.2, 0.25) is 0 Å². The first-order valence-corrected chi connectivity index (χ1v) is 5.88. The second kappa shape index (κ2) is 5.84. The van der Waals surface area contributed by atoms with E-state index in [4.69, 9.17) is 34.8 Å². The molecule has 0 aromatic heterocycles. The Labute approximate surface area is 117 Å². The predicted molar refractivity (Wildman–Crippen MR) is 64.6 cm³/mol. The van der Waals surface area contributed by atoms with Crippen molar-refractivity contribution in [3.8, 4) is 0 Å². The van der Waals surface area contributed by atoms with Crippen LogP contribution in [0.5, 0.6) is 0 Å². The molecule has 0 radical (unpaired) electrons. The zero-order chi connectivity index (χ0) is 14.0. The molecule has 0 heterocycles. The van der Waals surface area contributed by atoms with Gasteiger partial charge in [0.15, 0.2) is 6.23 Å². The van der Waals surface area contributed by atoms with Crippen LogP contribution in [-0.4, -0.2) is 15.1 Å². The fraction of sp³-hybridized carbons (Fsp3) is 0.400. The van der Waals surface area contributed by atoms with E-state index in [1.165, 1.54) is 12.1 Å². The quantitative estimate of drug-likeness (QED) is 0.659. The molecule has 0 aliphatic rings. The van der Waals surface area contributed by atoms with Crippen LogP contribution in [0.1, 0.15) is 11.1 Å². The smallest absolute Gasteiger partial charge is 0.374 e. The number of hydrogen-bond acceptors (Lipinski definition) is 2. The lowest BCUT2D eigenvalue weighted by Gasteiger charge is -2.20. The van der Waals surface area contributed by atoms with Gasteiger partial charge in [-0.05, 0) is 17.7 Å². The van der Waals surface area contributed by atoms with Gasteiger partial charge in [0.05, 0.1) is 5.56 Å². The summed E-state index contributed by atoms with van der Waals surface area (Å²) in [5.41, 5.74) is -0.218. The van der Waals surface area contributed by atoms with Crippen molar-refractivity contribution in [2.45, 2.75) is 22.7 Å². The molecule has 2 nitrogen and oxygen atoms in total. The van der Waals surface area contributed by atoms with E-state index in [9.17, 15) is 18.3 Å². The largest absolute Gasteiger partial charge is 0.416 e. The lowest BCUT2D eigenvalue weighted by molar-refractivity contribution is -0.137. The van der Waals surface area contributed by atoms with E-state index in [1.807, 2.05) is 0 Å². The molecule has 18 heavy (non-hydrogen) atoms. The van der Waals surface area contributed by atoms with Crippen molar-refractivity contribution in [1.29, 1.82) is 0 Å². The van der Waals surface area contributed by atoms with Crippen LogP contribution < -0.4 is 5.32 Å². The second-order valence-electron chi connectivity index (χ2n) is 3.52. The Morgan fingerprint density at radius 3 is 2.00 bits per heavy atom. The Morgan fingerprint density at radius 1 is 1.11 bits per heavy atom. The molecule has 1 rings (SSSR count). The molecule has 0 amide bonds. The van der Waals surface area contributed by atoms with Gasteiger partial charge < -0.3 is 5.11 Å².